The van der Waals surface area contributed by atoms with Crippen LogP contribution in [-0.2, 0) is 11.8 Å². The number of rotatable bonds is 7. The molecule has 0 atom stereocenters. The molecule has 1 aliphatic heterocycles. The summed E-state index contributed by atoms with van der Waals surface area (Å²) in [4.78, 5) is 23.8. The minimum absolute atomic E-state index is 0.00609. The summed E-state index contributed by atoms with van der Waals surface area (Å²) in [6.45, 7) is 5.22. The first-order valence-corrected chi connectivity index (χ1v) is 9.95. The molecule has 2 aromatic heterocycles. The Morgan fingerprint density at radius 2 is 2.03 bits per heavy atom. The molecule has 158 valence electrons. The molecule has 3 aromatic rings. The van der Waals surface area contributed by atoms with Crippen LogP contribution in [0, 0.1) is 5.82 Å². The van der Waals surface area contributed by atoms with E-state index in [1.165, 1.54) is 22.8 Å². The van der Waals surface area contributed by atoms with Crippen LogP contribution in [0.3, 0.4) is 0 Å². The van der Waals surface area contributed by atoms with Crippen molar-refractivity contribution in [1.29, 1.82) is 0 Å². The summed E-state index contributed by atoms with van der Waals surface area (Å²) in [6.07, 6.45) is 2.58. The first-order chi connectivity index (χ1) is 14.6. The Morgan fingerprint density at radius 3 is 2.83 bits per heavy atom. The van der Waals surface area contributed by atoms with Gasteiger partial charge >= 0.3 is 0 Å². The number of benzene rings is 1. The Balaban J connectivity index is 1.46. The predicted octanol–water partition coefficient (Wildman–Crippen LogP) is 2.39. The second-order valence-corrected chi connectivity index (χ2v) is 7.11. The summed E-state index contributed by atoms with van der Waals surface area (Å²) in [6, 6.07) is 7.49. The number of para-hydroxylation sites is 1. The van der Waals surface area contributed by atoms with Crippen LogP contribution < -0.4 is 15.6 Å². The van der Waals surface area contributed by atoms with E-state index in [4.69, 9.17) is 9.47 Å². The van der Waals surface area contributed by atoms with Crippen LogP contribution >= 0.6 is 0 Å². The van der Waals surface area contributed by atoms with Crippen LogP contribution in [0.2, 0.25) is 0 Å². The summed E-state index contributed by atoms with van der Waals surface area (Å²) < 4.78 is 26.1. The maximum absolute atomic E-state index is 13.9. The van der Waals surface area contributed by atoms with Crippen molar-refractivity contribution in [3.63, 3.8) is 0 Å². The molecule has 0 aliphatic carbocycles. The average molecular weight is 413 g/mol. The van der Waals surface area contributed by atoms with Gasteiger partial charge in [-0.1, -0.05) is 12.1 Å². The predicted molar refractivity (Wildman–Crippen MR) is 112 cm³/mol. The number of aryl methyl sites for hydroxylation is 1. The maximum atomic E-state index is 13.9. The number of hydrogen-bond acceptors (Lipinski definition) is 7. The smallest absolute Gasteiger partial charge is 0.294 e. The fourth-order valence-electron chi connectivity index (χ4n) is 3.35. The highest BCUT2D eigenvalue weighted by Gasteiger charge is 2.13. The number of hydrogen-bond donors (Lipinski definition) is 1. The molecular weight excluding hydrogens is 389 g/mol. The summed E-state index contributed by atoms with van der Waals surface area (Å²) in [5.74, 6) is -0.0619. The van der Waals surface area contributed by atoms with Crippen molar-refractivity contribution in [2.45, 2.75) is 6.42 Å². The van der Waals surface area contributed by atoms with Crippen LogP contribution in [0.4, 0.5) is 10.3 Å². The molecule has 1 saturated heterocycles. The summed E-state index contributed by atoms with van der Waals surface area (Å²) in [7, 11) is 1.61. The topological polar surface area (TPSA) is 81.5 Å². The second kappa shape index (κ2) is 9.19. The molecule has 30 heavy (non-hydrogen) atoms. The van der Waals surface area contributed by atoms with Crippen molar-refractivity contribution in [3.05, 3.63) is 52.7 Å². The number of nitrogens with zero attached hydrogens (tertiary/aromatic N) is 4. The highest BCUT2D eigenvalue weighted by molar-refractivity contribution is 5.76. The van der Waals surface area contributed by atoms with E-state index in [1.54, 1.807) is 25.4 Å². The van der Waals surface area contributed by atoms with E-state index in [0.29, 0.717) is 17.0 Å². The summed E-state index contributed by atoms with van der Waals surface area (Å²) >= 11 is 0. The van der Waals surface area contributed by atoms with E-state index >= 15 is 0 Å². The van der Waals surface area contributed by atoms with Gasteiger partial charge in [-0.3, -0.25) is 14.3 Å². The highest BCUT2D eigenvalue weighted by Crippen LogP contribution is 2.24. The van der Waals surface area contributed by atoms with Gasteiger partial charge in [-0.25, -0.2) is 9.37 Å². The number of fused-ring (bicyclic) bond motifs is 1. The maximum Gasteiger partial charge on any atom is 0.294 e. The molecule has 3 heterocycles. The van der Waals surface area contributed by atoms with Crippen molar-refractivity contribution in [2.24, 2.45) is 7.05 Å². The van der Waals surface area contributed by atoms with Gasteiger partial charge in [0.2, 0.25) is 5.95 Å². The lowest BCUT2D eigenvalue weighted by molar-refractivity contribution is 0.0378. The Morgan fingerprint density at radius 1 is 1.23 bits per heavy atom. The van der Waals surface area contributed by atoms with Crippen molar-refractivity contribution in [1.82, 2.24) is 19.4 Å². The monoisotopic (exact) mass is 413 g/mol. The van der Waals surface area contributed by atoms with E-state index in [-0.39, 0.29) is 11.5 Å². The zero-order valence-corrected chi connectivity index (χ0v) is 16.8. The highest BCUT2D eigenvalue weighted by atomic mass is 19.1. The van der Waals surface area contributed by atoms with Gasteiger partial charge < -0.3 is 14.8 Å². The zero-order valence-electron chi connectivity index (χ0n) is 16.8. The number of halogens is 1. The lowest BCUT2D eigenvalue weighted by Gasteiger charge is -2.26. The molecule has 9 heteroatoms. The van der Waals surface area contributed by atoms with Gasteiger partial charge in [-0.2, -0.15) is 4.98 Å². The van der Waals surface area contributed by atoms with Crippen LogP contribution in [0.1, 0.15) is 6.42 Å². The van der Waals surface area contributed by atoms with Crippen molar-refractivity contribution in [3.8, 4) is 11.5 Å². The first kappa shape index (κ1) is 20.2. The normalized spacial score (nSPS) is 14.7. The molecular formula is C21H24FN5O3. The van der Waals surface area contributed by atoms with Crippen LogP contribution in [-0.4, -0.2) is 58.8 Å². The third-order valence-electron chi connectivity index (χ3n) is 5.01. The SMILES string of the molecule is Cn1c(=O)c(Oc2ccccc2F)cc2cnc(NCCCN3CCOCC3)nc21. The minimum atomic E-state index is -0.535. The molecule has 0 spiro atoms. The Labute approximate surface area is 173 Å². The van der Waals surface area contributed by atoms with Crippen LogP contribution in [0.5, 0.6) is 11.5 Å². The summed E-state index contributed by atoms with van der Waals surface area (Å²) in [5.41, 5.74) is 0.0780. The van der Waals surface area contributed by atoms with Gasteiger partial charge in [0.1, 0.15) is 5.65 Å². The molecule has 1 aliphatic rings. The fourth-order valence-corrected chi connectivity index (χ4v) is 3.35. The lowest BCUT2D eigenvalue weighted by Crippen LogP contribution is -2.37. The molecule has 0 bridgehead atoms. The van der Waals surface area contributed by atoms with Crippen LogP contribution in [0.25, 0.3) is 11.0 Å². The Bertz CT molecular complexity index is 1080. The van der Waals surface area contributed by atoms with E-state index in [2.05, 4.69) is 20.2 Å². The first-order valence-electron chi connectivity index (χ1n) is 9.95. The molecule has 4 rings (SSSR count). The van der Waals surface area contributed by atoms with E-state index < -0.39 is 11.4 Å². The zero-order chi connectivity index (χ0) is 20.9. The minimum Gasteiger partial charge on any atom is -0.448 e. The third kappa shape index (κ3) is 4.58. The number of aromatic nitrogens is 3. The van der Waals surface area contributed by atoms with E-state index in [9.17, 15) is 9.18 Å². The van der Waals surface area contributed by atoms with Crippen molar-refractivity contribution < 1.29 is 13.9 Å². The summed E-state index contributed by atoms with van der Waals surface area (Å²) in [5, 5.41) is 3.84. The van der Waals surface area contributed by atoms with E-state index in [0.717, 1.165) is 45.8 Å². The van der Waals surface area contributed by atoms with Gasteiger partial charge in [0.05, 0.1) is 13.2 Å². The number of nitrogens with one attached hydrogen (secondary N) is 1. The van der Waals surface area contributed by atoms with Gasteiger partial charge in [0.25, 0.3) is 5.56 Å². The molecule has 1 N–H and O–H groups in total. The van der Waals surface area contributed by atoms with Gasteiger partial charge in [-0.15, -0.1) is 0 Å². The molecule has 0 amide bonds. The lowest BCUT2D eigenvalue weighted by atomic mass is 10.3. The Kier molecular flexibility index (Phi) is 6.20. The average Bonchev–Trinajstić information content (AvgIpc) is 2.77. The van der Waals surface area contributed by atoms with Gasteiger partial charge in [0, 0.05) is 38.3 Å². The Hall–Kier alpha value is -3.04. The molecule has 1 fully saturated rings. The third-order valence-corrected chi connectivity index (χ3v) is 5.01. The standard InChI is InChI=1S/C21H24FN5O3/c1-26-19-15(13-18(20(26)28)30-17-6-3-2-5-16(17)22)14-24-21(25-19)23-7-4-8-27-9-11-29-12-10-27/h2-3,5-6,13-14H,4,7-12H2,1H3,(H,23,24,25). The largest absolute Gasteiger partial charge is 0.448 e. The fraction of sp³-hybridized carbons (Fsp3) is 0.381. The molecule has 1 aromatic carbocycles. The van der Waals surface area contributed by atoms with Crippen molar-refractivity contribution in [2.75, 3.05) is 44.7 Å². The van der Waals surface area contributed by atoms with Crippen molar-refractivity contribution >= 4 is 17.0 Å². The molecule has 0 saturated carbocycles. The molecule has 0 unspecified atom stereocenters. The second-order valence-electron chi connectivity index (χ2n) is 7.11. The number of ether oxygens (including phenoxy) is 2. The number of pyridine rings is 1. The number of anilines is 1. The quantitative estimate of drug-likeness (QED) is 0.596. The van der Waals surface area contributed by atoms with Gasteiger partial charge in [-0.05, 0) is 31.2 Å². The molecule has 0 radical (unpaired) electrons. The number of morpholine rings is 1. The van der Waals surface area contributed by atoms with E-state index in [1.807, 2.05) is 0 Å². The van der Waals surface area contributed by atoms with Crippen LogP contribution in [0.15, 0.2) is 41.3 Å². The van der Waals surface area contributed by atoms with Gasteiger partial charge in [0.15, 0.2) is 17.3 Å². The molecule has 8 nitrogen and oxygen atoms in total.